The fraction of sp³-hybridized carbons (Fsp3) is 0.464. The number of hydrogen-bond donors (Lipinski definition) is 1. The summed E-state index contributed by atoms with van der Waals surface area (Å²) in [5.74, 6) is 2.40. The second-order valence-corrected chi connectivity index (χ2v) is 9.78. The van der Waals surface area contributed by atoms with Gasteiger partial charge in [-0.25, -0.2) is 4.79 Å². The molecule has 0 bridgehead atoms. The number of hydrogen-bond acceptors (Lipinski definition) is 5. The van der Waals surface area contributed by atoms with E-state index in [2.05, 4.69) is 56.0 Å². The van der Waals surface area contributed by atoms with Crippen molar-refractivity contribution in [1.82, 2.24) is 4.90 Å². The Morgan fingerprint density at radius 2 is 1.94 bits per heavy atom. The van der Waals surface area contributed by atoms with Gasteiger partial charge in [0.1, 0.15) is 24.2 Å². The van der Waals surface area contributed by atoms with Crippen LogP contribution in [0, 0.1) is 5.92 Å². The monoisotopic (exact) mass is 465 g/mol. The van der Waals surface area contributed by atoms with Gasteiger partial charge in [0, 0.05) is 19.6 Å². The van der Waals surface area contributed by atoms with E-state index in [0.717, 1.165) is 42.9 Å². The number of fused-ring (bicyclic) bond motifs is 1. The molecule has 0 spiro atoms. The highest BCUT2D eigenvalue weighted by Gasteiger charge is 2.31. The van der Waals surface area contributed by atoms with Gasteiger partial charge in [-0.15, -0.1) is 0 Å². The molecule has 0 aromatic heterocycles. The molecule has 0 atom stereocenters. The van der Waals surface area contributed by atoms with Crippen LogP contribution in [0.25, 0.3) is 5.57 Å². The first-order chi connectivity index (χ1) is 16.3. The molecule has 6 nitrogen and oxygen atoms in total. The fourth-order valence-electron chi connectivity index (χ4n) is 4.92. The number of benzene rings is 2. The van der Waals surface area contributed by atoms with Crippen LogP contribution in [-0.2, 0) is 24.2 Å². The average Bonchev–Trinajstić information content (AvgIpc) is 2.77. The highest BCUT2D eigenvalue weighted by Crippen LogP contribution is 2.34. The maximum atomic E-state index is 10.7. The molecule has 1 aliphatic heterocycles. The van der Waals surface area contributed by atoms with E-state index in [9.17, 15) is 4.79 Å². The number of carbonyl (C=O) groups is 1. The highest BCUT2D eigenvalue weighted by molar-refractivity contribution is 5.72. The SMILES string of the molecule is COc1ccc(COc2ccc3c(c2)CCC(CN2CC(OC(=O)O)C2)=C3C)cc1CC(C)C. The first kappa shape index (κ1) is 24.1. The van der Waals surface area contributed by atoms with Crippen LogP contribution >= 0.6 is 0 Å². The molecular weight excluding hydrogens is 430 g/mol. The summed E-state index contributed by atoms with van der Waals surface area (Å²) in [4.78, 5) is 12.9. The van der Waals surface area contributed by atoms with E-state index in [1.165, 1.54) is 27.8 Å². The lowest BCUT2D eigenvalue weighted by Gasteiger charge is -2.39. The van der Waals surface area contributed by atoms with Crippen LogP contribution in [0.1, 0.15) is 49.4 Å². The molecule has 6 heteroatoms. The van der Waals surface area contributed by atoms with E-state index in [0.29, 0.717) is 25.6 Å². The molecule has 2 aromatic rings. The van der Waals surface area contributed by atoms with Crippen LogP contribution in [-0.4, -0.2) is 49.0 Å². The Labute approximate surface area is 202 Å². The second-order valence-electron chi connectivity index (χ2n) is 9.78. The van der Waals surface area contributed by atoms with Crippen molar-refractivity contribution >= 4 is 11.7 Å². The Morgan fingerprint density at radius 1 is 1.15 bits per heavy atom. The van der Waals surface area contributed by atoms with Gasteiger partial charge in [0.2, 0.25) is 0 Å². The van der Waals surface area contributed by atoms with Gasteiger partial charge < -0.3 is 19.3 Å². The molecule has 34 heavy (non-hydrogen) atoms. The summed E-state index contributed by atoms with van der Waals surface area (Å²) in [6.45, 7) is 9.37. The number of methoxy groups -OCH3 is 1. The number of allylic oxidation sites excluding steroid dienone is 1. The molecule has 1 heterocycles. The Kier molecular flexibility index (Phi) is 7.47. The van der Waals surface area contributed by atoms with Crippen LogP contribution in [0.3, 0.4) is 0 Å². The summed E-state index contributed by atoms with van der Waals surface area (Å²) in [5, 5.41) is 8.73. The second kappa shape index (κ2) is 10.5. The largest absolute Gasteiger partial charge is 0.506 e. The molecular formula is C28H35NO5. The molecule has 0 radical (unpaired) electrons. The molecule has 1 aliphatic carbocycles. The standard InChI is InChI=1S/C28H35NO5/c1-18(2)11-23-12-20(5-10-27(23)32-4)17-33-24-8-9-26-19(3)22(7-6-21(26)13-24)14-29-15-25(16-29)34-28(30)31/h5,8-10,12-13,18,25H,6-7,11,14-17H2,1-4H3,(H,30,31). The van der Waals surface area contributed by atoms with Crippen molar-refractivity contribution in [1.29, 1.82) is 0 Å². The van der Waals surface area contributed by atoms with Gasteiger partial charge in [-0.05, 0) is 84.2 Å². The third kappa shape index (κ3) is 5.73. The van der Waals surface area contributed by atoms with E-state index in [-0.39, 0.29) is 6.10 Å². The Morgan fingerprint density at radius 3 is 2.65 bits per heavy atom. The summed E-state index contributed by atoms with van der Waals surface area (Å²) >= 11 is 0. The van der Waals surface area contributed by atoms with Gasteiger partial charge in [0.25, 0.3) is 0 Å². The van der Waals surface area contributed by atoms with E-state index < -0.39 is 6.16 Å². The molecule has 0 unspecified atom stereocenters. The van der Waals surface area contributed by atoms with Crippen molar-refractivity contribution in [3.8, 4) is 11.5 Å². The third-order valence-corrected chi connectivity index (χ3v) is 6.69. The number of ether oxygens (including phenoxy) is 3. The fourth-order valence-corrected chi connectivity index (χ4v) is 4.92. The molecule has 1 saturated heterocycles. The average molecular weight is 466 g/mol. The summed E-state index contributed by atoms with van der Waals surface area (Å²) in [6, 6.07) is 12.7. The lowest BCUT2D eigenvalue weighted by Crippen LogP contribution is -2.53. The van der Waals surface area contributed by atoms with E-state index in [1.807, 2.05) is 6.07 Å². The van der Waals surface area contributed by atoms with Crippen molar-refractivity contribution in [2.24, 2.45) is 5.92 Å². The Hall–Kier alpha value is -2.99. The van der Waals surface area contributed by atoms with Gasteiger partial charge in [-0.3, -0.25) is 4.90 Å². The smallest absolute Gasteiger partial charge is 0.496 e. The maximum absolute atomic E-state index is 10.7. The minimum absolute atomic E-state index is 0.193. The van der Waals surface area contributed by atoms with E-state index in [1.54, 1.807) is 7.11 Å². The molecule has 2 aromatic carbocycles. The maximum Gasteiger partial charge on any atom is 0.506 e. The first-order valence-corrected chi connectivity index (χ1v) is 12.0. The van der Waals surface area contributed by atoms with Crippen molar-refractivity contribution in [2.45, 2.75) is 52.7 Å². The quantitative estimate of drug-likeness (QED) is 0.488. The molecule has 0 saturated carbocycles. The Balaban J connectivity index is 1.38. The number of aryl methyl sites for hydroxylation is 1. The molecule has 4 rings (SSSR count). The summed E-state index contributed by atoms with van der Waals surface area (Å²) in [6.07, 6.45) is 1.60. The summed E-state index contributed by atoms with van der Waals surface area (Å²) in [7, 11) is 1.72. The van der Waals surface area contributed by atoms with Crippen LogP contribution in [0.5, 0.6) is 11.5 Å². The Bertz CT molecular complexity index is 1070. The van der Waals surface area contributed by atoms with E-state index >= 15 is 0 Å². The zero-order valence-corrected chi connectivity index (χ0v) is 20.6. The van der Waals surface area contributed by atoms with Crippen molar-refractivity contribution in [2.75, 3.05) is 26.7 Å². The number of carboxylic acid groups (broad SMARTS) is 1. The predicted molar refractivity (Wildman–Crippen MR) is 133 cm³/mol. The minimum atomic E-state index is -1.19. The van der Waals surface area contributed by atoms with Gasteiger partial charge in [-0.2, -0.15) is 0 Å². The van der Waals surface area contributed by atoms with Crippen molar-refractivity contribution in [3.05, 3.63) is 64.2 Å². The first-order valence-electron chi connectivity index (χ1n) is 12.0. The lowest BCUT2D eigenvalue weighted by atomic mass is 9.85. The summed E-state index contributed by atoms with van der Waals surface area (Å²) in [5.41, 5.74) is 7.73. The van der Waals surface area contributed by atoms with Crippen molar-refractivity contribution < 1.29 is 24.1 Å². The third-order valence-electron chi connectivity index (χ3n) is 6.69. The van der Waals surface area contributed by atoms with Crippen molar-refractivity contribution in [3.63, 3.8) is 0 Å². The van der Waals surface area contributed by atoms with E-state index in [4.69, 9.17) is 19.3 Å². The lowest BCUT2D eigenvalue weighted by molar-refractivity contribution is -0.0292. The normalized spacial score (nSPS) is 16.3. The van der Waals surface area contributed by atoms with Gasteiger partial charge in [0.15, 0.2) is 0 Å². The number of likely N-dealkylation sites (tertiary alicyclic amines) is 1. The van der Waals surface area contributed by atoms with Crippen LogP contribution in [0.15, 0.2) is 42.0 Å². The molecule has 0 amide bonds. The number of rotatable bonds is 9. The van der Waals surface area contributed by atoms with Crippen LogP contribution < -0.4 is 9.47 Å². The topological polar surface area (TPSA) is 68.2 Å². The predicted octanol–water partition coefficient (Wildman–Crippen LogP) is 5.57. The van der Waals surface area contributed by atoms with Gasteiger partial charge in [-0.1, -0.05) is 31.6 Å². The molecule has 182 valence electrons. The van der Waals surface area contributed by atoms with Crippen LogP contribution in [0.2, 0.25) is 0 Å². The van der Waals surface area contributed by atoms with Crippen LogP contribution in [0.4, 0.5) is 4.79 Å². The molecule has 2 aliphatic rings. The van der Waals surface area contributed by atoms with Gasteiger partial charge >= 0.3 is 6.16 Å². The highest BCUT2D eigenvalue weighted by atomic mass is 16.7. The molecule has 1 fully saturated rings. The van der Waals surface area contributed by atoms with Gasteiger partial charge in [0.05, 0.1) is 7.11 Å². The number of nitrogens with zero attached hydrogens (tertiary/aromatic N) is 1. The molecule has 1 N–H and O–H groups in total. The minimum Gasteiger partial charge on any atom is -0.496 e. The zero-order chi connectivity index (χ0) is 24.2. The summed E-state index contributed by atoms with van der Waals surface area (Å²) < 4.78 is 16.5. The zero-order valence-electron chi connectivity index (χ0n) is 20.6.